The number of phosphoric acid groups is 1. The molecule has 0 aliphatic heterocycles. The molecule has 18 heteroatoms. The number of hydrogen-bond acceptors (Lipinski definition) is 11. The van der Waals surface area contributed by atoms with Crippen molar-refractivity contribution in [2.75, 3.05) is 86.2 Å². The van der Waals surface area contributed by atoms with Crippen LogP contribution in [0.5, 0.6) is 0 Å². The first kappa shape index (κ1) is 38.8. The van der Waals surface area contributed by atoms with Crippen molar-refractivity contribution in [3.63, 3.8) is 0 Å². The van der Waals surface area contributed by atoms with Gasteiger partial charge in [-0.3, -0.25) is 23.7 Å². The van der Waals surface area contributed by atoms with Gasteiger partial charge in [-0.1, -0.05) is 0 Å². The van der Waals surface area contributed by atoms with Crippen molar-refractivity contribution in [3.8, 4) is 0 Å². The number of phosphoric ester groups is 1. The molecule has 4 amide bonds. The van der Waals surface area contributed by atoms with E-state index in [0.717, 1.165) is 25.7 Å². The predicted octanol–water partition coefficient (Wildman–Crippen LogP) is -1.64. The Morgan fingerprint density at radius 1 is 0.628 bits per heavy atom. The lowest BCUT2D eigenvalue weighted by atomic mass is 9.93. The molecule has 6 N–H and O–H groups in total. The summed E-state index contributed by atoms with van der Waals surface area (Å²) in [4.78, 5) is 64.3. The minimum absolute atomic E-state index is 0.00692. The van der Waals surface area contributed by atoms with Crippen LogP contribution < -0.4 is 21.3 Å². The van der Waals surface area contributed by atoms with Crippen molar-refractivity contribution >= 4 is 31.5 Å². The van der Waals surface area contributed by atoms with Crippen LogP contribution in [0.25, 0.3) is 0 Å². The Balaban J connectivity index is 1.83. The molecular formula is C25H47N4O13P. The molecular weight excluding hydrogens is 595 g/mol. The Bertz CT molecular complexity index is 853. The van der Waals surface area contributed by atoms with Gasteiger partial charge in [0, 0.05) is 46.0 Å². The van der Waals surface area contributed by atoms with E-state index >= 15 is 0 Å². The number of nitrogens with one attached hydrogen (secondary N) is 4. The maximum Gasteiger partial charge on any atom is 0.469 e. The molecule has 1 rings (SSSR count). The smallest absolute Gasteiger partial charge is 0.381 e. The van der Waals surface area contributed by atoms with Crippen LogP contribution in [0.2, 0.25) is 0 Å². The lowest BCUT2D eigenvalue weighted by Gasteiger charge is -2.27. The van der Waals surface area contributed by atoms with Crippen molar-refractivity contribution in [2.24, 2.45) is 0 Å². The van der Waals surface area contributed by atoms with Gasteiger partial charge >= 0.3 is 31.5 Å². The molecule has 0 radical (unpaired) electrons. The van der Waals surface area contributed by atoms with E-state index in [9.17, 15) is 23.7 Å². The predicted molar refractivity (Wildman–Crippen MR) is 151 cm³/mol. The van der Waals surface area contributed by atoms with E-state index in [1.165, 1.54) is 0 Å². The van der Waals surface area contributed by atoms with E-state index in [0.29, 0.717) is 59.0 Å². The second-order valence-corrected chi connectivity index (χ2v) is 10.7. The molecule has 250 valence electrons. The third kappa shape index (κ3) is 22.0. The standard InChI is InChI=1S/C25H47N4O13P/c1-37-21-6-4-20(5-7-21)29-25(33)24(32)27-9-3-12-39-15-17-41-16-14-38-11-2-8-26-22(30)23(31)28-10-13-40-18-19-42-43(34,35)36/h20-21H,2-19H2,1H3,(H,26,30)(H,27,32)(H,28,31)(H,29,33)(H2,34,35,36). The van der Waals surface area contributed by atoms with E-state index < -0.39 is 31.5 Å². The summed E-state index contributed by atoms with van der Waals surface area (Å²) in [6.45, 7) is 2.56. The number of methoxy groups -OCH3 is 1. The lowest BCUT2D eigenvalue weighted by molar-refractivity contribution is -0.139. The first-order valence-corrected chi connectivity index (χ1v) is 15.8. The van der Waals surface area contributed by atoms with Crippen LogP contribution in [-0.4, -0.2) is 132 Å². The fourth-order valence-corrected chi connectivity index (χ4v) is 4.10. The average molecular weight is 643 g/mol. The Hall–Kier alpha value is -2.21. The number of carbonyl (C=O) groups is 4. The number of rotatable bonds is 23. The molecule has 0 unspecified atom stereocenters. The SMILES string of the molecule is COC1CCC(NC(=O)C(=O)NCCCOCCOCCOCCCNC(=O)C(=O)NCCOCCOP(=O)(O)O)CC1. The van der Waals surface area contributed by atoms with Gasteiger partial charge in [0.05, 0.1) is 52.4 Å². The van der Waals surface area contributed by atoms with Crippen LogP contribution in [-0.2, 0) is 52.0 Å². The Morgan fingerprint density at radius 2 is 1.07 bits per heavy atom. The van der Waals surface area contributed by atoms with E-state index in [1.54, 1.807) is 7.11 Å². The van der Waals surface area contributed by atoms with Gasteiger partial charge in [-0.05, 0) is 38.5 Å². The van der Waals surface area contributed by atoms with Crippen molar-refractivity contribution < 1.29 is 61.7 Å². The molecule has 0 spiro atoms. The minimum Gasteiger partial charge on any atom is -0.381 e. The van der Waals surface area contributed by atoms with Gasteiger partial charge in [0.25, 0.3) is 0 Å². The number of carbonyl (C=O) groups excluding carboxylic acids is 4. The Labute approximate surface area is 251 Å². The molecule has 0 aromatic heterocycles. The quantitative estimate of drug-likeness (QED) is 0.0418. The molecule has 0 aromatic rings. The number of amides is 4. The molecule has 17 nitrogen and oxygen atoms in total. The zero-order chi connectivity index (χ0) is 31.8. The molecule has 0 aromatic carbocycles. The topological polar surface area (TPSA) is 229 Å². The van der Waals surface area contributed by atoms with Crippen LogP contribution in [0.3, 0.4) is 0 Å². The zero-order valence-corrected chi connectivity index (χ0v) is 25.6. The first-order valence-electron chi connectivity index (χ1n) is 14.3. The van der Waals surface area contributed by atoms with Crippen LogP contribution in [0.15, 0.2) is 0 Å². The highest BCUT2D eigenvalue weighted by Crippen LogP contribution is 2.35. The summed E-state index contributed by atoms with van der Waals surface area (Å²) in [5.41, 5.74) is 0. The van der Waals surface area contributed by atoms with E-state index in [4.69, 9.17) is 33.5 Å². The summed E-state index contributed by atoms with van der Waals surface area (Å²) in [7, 11) is -2.85. The summed E-state index contributed by atoms with van der Waals surface area (Å²) in [6.07, 6.45) is 4.63. The Kier molecular flexibility index (Phi) is 21.8. The van der Waals surface area contributed by atoms with Crippen LogP contribution >= 0.6 is 7.82 Å². The van der Waals surface area contributed by atoms with Gasteiger partial charge in [0.15, 0.2) is 0 Å². The summed E-state index contributed by atoms with van der Waals surface area (Å²) >= 11 is 0. The monoisotopic (exact) mass is 642 g/mol. The van der Waals surface area contributed by atoms with Crippen LogP contribution in [0.1, 0.15) is 38.5 Å². The maximum atomic E-state index is 12.0. The third-order valence-electron chi connectivity index (χ3n) is 6.02. The lowest BCUT2D eigenvalue weighted by Crippen LogP contribution is -2.46. The largest absolute Gasteiger partial charge is 0.469 e. The summed E-state index contributed by atoms with van der Waals surface area (Å²) in [6, 6.07) is 0.00692. The normalized spacial score (nSPS) is 16.8. The fraction of sp³-hybridized carbons (Fsp3) is 0.840. The summed E-state index contributed by atoms with van der Waals surface area (Å²) < 4.78 is 41.2. The van der Waals surface area contributed by atoms with Crippen LogP contribution in [0.4, 0.5) is 0 Å². The molecule has 1 fully saturated rings. The highest BCUT2D eigenvalue weighted by Gasteiger charge is 2.24. The average Bonchev–Trinajstić information content (AvgIpc) is 2.97. The molecule has 1 saturated carbocycles. The highest BCUT2D eigenvalue weighted by molar-refractivity contribution is 7.46. The van der Waals surface area contributed by atoms with Gasteiger partial charge in [-0.2, -0.15) is 0 Å². The van der Waals surface area contributed by atoms with Crippen molar-refractivity contribution in [2.45, 2.75) is 50.7 Å². The zero-order valence-electron chi connectivity index (χ0n) is 24.7. The van der Waals surface area contributed by atoms with Crippen LogP contribution in [0, 0.1) is 0 Å². The van der Waals surface area contributed by atoms with Crippen molar-refractivity contribution in [1.82, 2.24) is 21.3 Å². The van der Waals surface area contributed by atoms with Gasteiger partial charge in [-0.15, -0.1) is 0 Å². The molecule has 0 heterocycles. The second kappa shape index (κ2) is 24.2. The number of hydrogen-bond donors (Lipinski definition) is 6. The summed E-state index contributed by atoms with van der Waals surface area (Å²) in [5.74, 6) is -2.87. The van der Waals surface area contributed by atoms with E-state index in [-0.39, 0.29) is 45.1 Å². The number of ether oxygens (including phenoxy) is 5. The molecule has 1 aliphatic carbocycles. The van der Waals surface area contributed by atoms with E-state index in [1.807, 2.05) is 0 Å². The maximum absolute atomic E-state index is 12.0. The highest BCUT2D eigenvalue weighted by atomic mass is 31.2. The molecule has 43 heavy (non-hydrogen) atoms. The Morgan fingerprint density at radius 3 is 1.58 bits per heavy atom. The molecule has 0 atom stereocenters. The molecule has 1 aliphatic rings. The molecule has 0 bridgehead atoms. The van der Waals surface area contributed by atoms with Crippen molar-refractivity contribution in [3.05, 3.63) is 0 Å². The second-order valence-electron chi connectivity index (χ2n) is 9.43. The van der Waals surface area contributed by atoms with Gasteiger partial charge in [0.2, 0.25) is 0 Å². The first-order chi connectivity index (χ1) is 20.6. The van der Waals surface area contributed by atoms with Gasteiger partial charge in [0.1, 0.15) is 0 Å². The van der Waals surface area contributed by atoms with Gasteiger partial charge in [-0.25, -0.2) is 4.57 Å². The minimum atomic E-state index is -4.53. The fourth-order valence-electron chi connectivity index (χ4n) is 3.78. The third-order valence-corrected chi connectivity index (χ3v) is 6.54. The molecule has 0 saturated heterocycles. The summed E-state index contributed by atoms with van der Waals surface area (Å²) in [5, 5.41) is 10.2. The van der Waals surface area contributed by atoms with Crippen molar-refractivity contribution in [1.29, 1.82) is 0 Å². The van der Waals surface area contributed by atoms with Gasteiger partial charge < -0.3 is 54.7 Å². The van der Waals surface area contributed by atoms with E-state index in [2.05, 4.69) is 25.8 Å².